The van der Waals surface area contributed by atoms with Gasteiger partial charge in [0.15, 0.2) is 6.61 Å². The van der Waals surface area contributed by atoms with Crippen molar-refractivity contribution in [3.05, 3.63) is 71.7 Å². The van der Waals surface area contributed by atoms with Crippen molar-refractivity contribution in [2.75, 3.05) is 6.61 Å². The van der Waals surface area contributed by atoms with Crippen LogP contribution in [0.4, 0.5) is 5.69 Å². The summed E-state index contributed by atoms with van der Waals surface area (Å²) in [6.07, 6.45) is 1.90. The number of rotatable bonds is 8. The van der Waals surface area contributed by atoms with Gasteiger partial charge in [-0.2, -0.15) is 9.78 Å². The highest BCUT2D eigenvalue weighted by atomic mass is 79.9. The van der Waals surface area contributed by atoms with Gasteiger partial charge in [-0.05, 0) is 30.7 Å². The van der Waals surface area contributed by atoms with Crippen LogP contribution >= 0.6 is 27.5 Å². The Hall–Kier alpha value is -3.31. The summed E-state index contributed by atoms with van der Waals surface area (Å²) in [4.78, 5) is 39.8. The molecule has 0 spiro atoms. The van der Waals surface area contributed by atoms with Crippen LogP contribution in [-0.4, -0.2) is 33.3 Å². The zero-order valence-corrected chi connectivity index (χ0v) is 20.0. The zero-order chi connectivity index (χ0) is 24.3. The second kappa shape index (κ2) is 10.1. The number of halogens is 2. The van der Waals surface area contributed by atoms with Gasteiger partial charge in [-0.3, -0.25) is 19.7 Å². The maximum absolute atomic E-state index is 13.2. The molecule has 12 heteroatoms. The largest absolute Gasteiger partial charge is 0.476 e. The van der Waals surface area contributed by atoms with Gasteiger partial charge in [-0.25, -0.2) is 4.98 Å². The Kier molecular flexibility index (Phi) is 7.44. The lowest BCUT2D eigenvalue weighted by atomic mass is 10.1. The standard InChI is InChI=1S/C21H19BrClN5O5/c1-3-11(2)20-26-16-5-4-13(22)7-15(16)21(30)27(20)25-9-12-6-14(23)8-17(28(31)32)19(12)33-10-18(24)29/h4-9,11H,3,10H2,1-2H3,(H2,24,29)/t11-/m1/s1. The molecule has 0 saturated carbocycles. The van der Waals surface area contributed by atoms with Crippen LogP contribution in [0.25, 0.3) is 10.9 Å². The van der Waals surface area contributed by atoms with Crippen LogP contribution in [0.2, 0.25) is 5.02 Å². The second-order valence-corrected chi connectivity index (χ2v) is 8.51. The average Bonchev–Trinajstić information content (AvgIpc) is 2.76. The summed E-state index contributed by atoms with van der Waals surface area (Å²) in [5, 5.41) is 16.2. The Morgan fingerprint density at radius 3 is 2.79 bits per heavy atom. The topological polar surface area (TPSA) is 143 Å². The molecule has 0 saturated heterocycles. The number of ether oxygens (including phenoxy) is 1. The van der Waals surface area contributed by atoms with Crippen molar-refractivity contribution in [1.29, 1.82) is 0 Å². The Morgan fingerprint density at radius 1 is 1.42 bits per heavy atom. The number of nitrogens with two attached hydrogens (primary N) is 1. The molecule has 0 fully saturated rings. The van der Waals surface area contributed by atoms with Gasteiger partial charge in [0.05, 0.1) is 22.0 Å². The minimum atomic E-state index is -0.818. The minimum absolute atomic E-state index is 0.0460. The van der Waals surface area contributed by atoms with Crippen LogP contribution < -0.4 is 16.0 Å². The number of benzene rings is 2. The number of primary amides is 1. The summed E-state index contributed by atoms with van der Waals surface area (Å²) < 4.78 is 7.12. The number of fused-ring (bicyclic) bond motifs is 1. The number of carbonyl (C=O) groups excluding carboxylic acids is 1. The first-order valence-corrected chi connectivity index (χ1v) is 10.9. The first kappa shape index (κ1) is 24.3. The predicted molar refractivity (Wildman–Crippen MR) is 128 cm³/mol. The van der Waals surface area contributed by atoms with Crippen molar-refractivity contribution in [1.82, 2.24) is 9.66 Å². The van der Waals surface area contributed by atoms with Crippen molar-refractivity contribution in [2.45, 2.75) is 26.2 Å². The molecule has 0 aliphatic rings. The molecular formula is C21H19BrClN5O5. The molecule has 1 aromatic heterocycles. The van der Waals surface area contributed by atoms with Crippen LogP contribution in [0.1, 0.15) is 37.6 Å². The number of nitro benzene ring substituents is 1. The maximum Gasteiger partial charge on any atom is 0.313 e. The Labute approximate surface area is 201 Å². The molecule has 3 rings (SSSR count). The summed E-state index contributed by atoms with van der Waals surface area (Å²) in [5.41, 5.74) is 4.84. The number of hydrogen-bond donors (Lipinski definition) is 1. The molecule has 1 amide bonds. The van der Waals surface area contributed by atoms with Crippen molar-refractivity contribution < 1.29 is 14.5 Å². The molecule has 1 heterocycles. The molecule has 0 aliphatic carbocycles. The van der Waals surface area contributed by atoms with Crippen LogP contribution in [0.15, 0.2) is 44.7 Å². The summed E-state index contributed by atoms with van der Waals surface area (Å²) in [6.45, 7) is 3.27. The molecule has 0 aliphatic heterocycles. The first-order valence-electron chi connectivity index (χ1n) is 9.78. The smallest absolute Gasteiger partial charge is 0.313 e. The molecule has 0 unspecified atom stereocenters. The van der Waals surface area contributed by atoms with Crippen LogP contribution in [0.3, 0.4) is 0 Å². The predicted octanol–water partition coefficient (Wildman–Crippen LogP) is 3.98. The maximum atomic E-state index is 13.2. The van der Waals surface area contributed by atoms with E-state index in [9.17, 15) is 19.7 Å². The quantitative estimate of drug-likeness (QED) is 0.262. The van der Waals surface area contributed by atoms with Gasteiger partial charge in [0.2, 0.25) is 5.75 Å². The Bertz CT molecular complexity index is 1340. The summed E-state index contributed by atoms with van der Waals surface area (Å²) >= 11 is 9.39. The fourth-order valence-corrected chi connectivity index (χ4v) is 3.61. The lowest BCUT2D eigenvalue weighted by Gasteiger charge is -2.14. The third-order valence-electron chi connectivity index (χ3n) is 4.82. The van der Waals surface area contributed by atoms with Crippen molar-refractivity contribution >= 4 is 56.2 Å². The van der Waals surface area contributed by atoms with E-state index in [0.29, 0.717) is 27.6 Å². The minimum Gasteiger partial charge on any atom is -0.476 e. The van der Waals surface area contributed by atoms with Gasteiger partial charge in [0, 0.05) is 27.0 Å². The van der Waals surface area contributed by atoms with Gasteiger partial charge in [0.1, 0.15) is 5.82 Å². The van der Waals surface area contributed by atoms with Crippen LogP contribution in [-0.2, 0) is 4.79 Å². The number of nitrogens with zero attached hydrogens (tertiary/aromatic N) is 4. The monoisotopic (exact) mass is 535 g/mol. The lowest BCUT2D eigenvalue weighted by molar-refractivity contribution is -0.385. The number of hydrogen-bond acceptors (Lipinski definition) is 7. The van der Waals surface area contributed by atoms with E-state index in [-0.39, 0.29) is 22.3 Å². The van der Waals surface area contributed by atoms with Gasteiger partial charge in [-0.1, -0.05) is 41.4 Å². The lowest BCUT2D eigenvalue weighted by Crippen LogP contribution is -2.24. The van der Waals surface area contributed by atoms with E-state index in [0.717, 1.165) is 10.7 Å². The highest BCUT2D eigenvalue weighted by molar-refractivity contribution is 9.10. The van der Waals surface area contributed by atoms with Crippen molar-refractivity contribution in [2.24, 2.45) is 10.8 Å². The van der Waals surface area contributed by atoms with E-state index >= 15 is 0 Å². The molecule has 2 aromatic carbocycles. The molecule has 1 atom stereocenters. The average molecular weight is 537 g/mol. The molecule has 10 nitrogen and oxygen atoms in total. The number of nitro groups is 1. The molecule has 172 valence electrons. The number of aromatic nitrogens is 2. The highest BCUT2D eigenvalue weighted by Crippen LogP contribution is 2.34. The van der Waals surface area contributed by atoms with E-state index in [2.05, 4.69) is 26.0 Å². The third kappa shape index (κ3) is 5.37. The molecular weight excluding hydrogens is 518 g/mol. The third-order valence-corrected chi connectivity index (χ3v) is 5.53. The number of amides is 1. The fraction of sp³-hybridized carbons (Fsp3) is 0.238. The molecule has 0 radical (unpaired) electrons. The van der Waals surface area contributed by atoms with Crippen LogP contribution in [0, 0.1) is 10.1 Å². The summed E-state index contributed by atoms with van der Waals surface area (Å²) in [5.74, 6) is -0.754. The van der Waals surface area contributed by atoms with Gasteiger partial charge in [0.25, 0.3) is 11.5 Å². The van der Waals surface area contributed by atoms with E-state index in [4.69, 9.17) is 22.1 Å². The van der Waals surface area contributed by atoms with Crippen molar-refractivity contribution in [3.8, 4) is 5.75 Å². The Morgan fingerprint density at radius 2 is 2.15 bits per heavy atom. The van der Waals surface area contributed by atoms with Gasteiger partial charge >= 0.3 is 5.69 Å². The zero-order valence-electron chi connectivity index (χ0n) is 17.6. The van der Waals surface area contributed by atoms with E-state index in [1.165, 1.54) is 12.3 Å². The molecule has 33 heavy (non-hydrogen) atoms. The van der Waals surface area contributed by atoms with Gasteiger partial charge in [-0.15, -0.1) is 0 Å². The van der Waals surface area contributed by atoms with Crippen LogP contribution in [0.5, 0.6) is 5.75 Å². The summed E-state index contributed by atoms with van der Waals surface area (Å²) in [7, 11) is 0. The normalized spacial score (nSPS) is 12.2. The number of carbonyl (C=O) groups is 1. The SMILES string of the molecule is CC[C@@H](C)c1nc2ccc(Br)cc2c(=O)n1N=Cc1cc(Cl)cc([N+](=O)[O-])c1OCC(N)=O. The molecule has 0 bridgehead atoms. The second-order valence-electron chi connectivity index (χ2n) is 7.16. The fourth-order valence-electron chi connectivity index (χ4n) is 3.03. The van der Waals surface area contributed by atoms with Crippen molar-refractivity contribution in [3.63, 3.8) is 0 Å². The summed E-state index contributed by atoms with van der Waals surface area (Å²) in [6, 6.07) is 7.62. The highest BCUT2D eigenvalue weighted by Gasteiger charge is 2.22. The van der Waals surface area contributed by atoms with E-state index < -0.39 is 28.7 Å². The Balaban J connectivity index is 2.23. The molecule has 2 N–H and O–H groups in total. The van der Waals surface area contributed by atoms with E-state index in [1.807, 2.05) is 13.8 Å². The van der Waals surface area contributed by atoms with E-state index in [1.54, 1.807) is 18.2 Å². The first-order chi connectivity index (χ1) is 15.6. The molecule has 3 aromatic rings. The van der Waals surface area contributed by atoms with Gasteiger partial charge < -0.3 is 10.5 Å².